The highest BCUT2D eigenvalue weighted by molar-refractivity contribution is 7.92. The van der Waals surface area contributed by atoms with Gasteiger partial charge in [0.2, 0.25) is 5.91 Å². The summed E-state index contributed by atoms with van der Waals surface area (Å²) >= 11 is 0.738. The quantitative estimate of drug-likeness (QED) is 0.512. The van der Waals surface area contributed by atoms with Gasteiger partial charge in [0.25, 0.3) is 10.0 Å². The normalized spacial score (nSPS) is 14.2. The maximum Gasteiger partial charge on any atom is 0.275 e. The smallest absolute Gasteiger partial charge is 0.275 e. The van der Waals surface area contributed by atoms with Crippen LogP contribution >= 0.6 is 11.3 Å². The number of aromatic nitrogens is 1. The molecule has 2 aromatic rings. The van der Waals surface area contributed by atoms with Crippen LogP contribution in [0.25, 0.3) is 0 Å². The van der Waals surface area contributed by atoms with E-state index in [1.165, 1.54) is 13.8 Å². The summed E-state index contributed by atoms with van der Waals surface area (Å²) < 4.78 is 33.5. The van der Waals surface area contributed by atoms with Crippen molar-refractivity contribution < 1.29 is 28.2 Å². The number of thiazole rings is 1. The van der Waals surface area contributed by atoms with Crippen LogP contribution in [0.5, 0.6) is 0 Å². The summed E-state index contributed by atoms with van der Waals surface area (Å²) in [5.41, 5.74) is 3.61. The maximum absolute atomic E-state index is 13.0. The zero-order valence-corrected chi connectivity index (χ0v) is 21.5. The molecular formula is C23H32N2O6S2. The fourth-order valence-electron chi connectivity index (χ4n) is 4.15. The van der Waals surface area contributed by atoms with Crippen LogP contribution in [0.3, 0.4) is 0 Å². The van der Waals surface area contributed by atoms with E-state index in [9.17, 15) is 23.4 Å². The van der Waals surface area contributed by atoms with E-state index in [4.69, 9.17) is 4.74 Å². The minimum atomic E-state index is -4.28. The Bertz CT molecular complexity index is 1160. The number of hydrogen-bond acceptors (Lipinski definition) is 8. The lowest BCUT2D eigenvalue weighted by Crippen LogP contribution is -2.32. The summed E-state index contributed by atoms with van der Waals surface area (Å²) in [6, 6.07) is 2.07. The SMILES string of the molecule is CC(C)c1cc2c(c(C(C)C)c1CC(=O)NS(=O)(=O)c1sc(C(C)(C)O)nc1CO)COC2. The largest absolute Gasteiger partial charge is 0.390 e. The van der Waals surface area contributed by atoms with Gasteiger partial charge in [0.1, 0.15) is 10.6 Å². The number of rotatable bonds is 8. The standard InChI is InChI=1S/C23H32N2O6S2/c1-12(2)15-7-14-10-31-11-17(14)20(13(3)4)16(15)8-19(27)25-33(29,30)21-18(9-26)24-22(32-21)23(5,6)28/h7,12-13,26,28H,8-11H2,1-6H3,(H,25,27). The molecule has 0 atom stereocenters. The third kappa shape index (κ3) is 5.30. The topological polar surface area (TPSA) is 126 Å². The molecular weight excluding hydrogens is 464 g/mol. The van der Waals surface area contributed by atoms with Gasteiger partial charge in [0, 0.05) is 0 Å². The lowest BCUT2D eigenvalue weighted by molar-refractivity contribution is -0.118. The van der Waals surface area contributed by atoms with E-state index in [1.54, 1.807) is 0 Å². The fraction of sp³-hybridized carbons (Fsp3) is 0.565. The first-order chi connectivity index (χ1) is 15.3. The van der Waals surface area contributed by atoms with Crippen LogP contribution < -0.4 is 4.72 Å². The molecule has 0 radical (unpaired) electrons. The van der Waals surface area contributed by atoms with E-state index in [-0.39, 0.29) is 33.2 Å². The van der Waals surface area contributed by atoms with Gasteiger partial charge in [0.15, 0.2) is 4.21 Å². The molecule has 8 nitrogen and oxygen atoms in total. The van der Waals surface area contributed by atoms with Crippen LogP contribution in [0.2, 0.25) is 0 Å². The molecule has 182 valence electrons. The van der Waals surface area contributed by atoms with Gasteiger partial charge in [-0.15, -0.1) is 11.3 Å². The molecule has 0 bridgehead atoms. The second kappa shape index (κ2) is 9.42. The first-order valence-corrected chi connectivity index (χ1v) is 13.2. The number of ether oxygens (including phenoxy) is 1. The molecule has 1 aliphatic rings. The summed E-state index contributed by atoms with van der Waals surface area (Å²) in [6.45, 7) is 11.5. The second-order valence-electron chi connectivity index (χ2n) is 9.47. The van der Waals surface area contributed by atoms with Crippen molar-refractivity contribution in [3.8, 4) is 0 Å². The van der Waals surface area contributed by atoms with Crippen molar-refractivity contribution in [2.75, 3.05) is 0 Å². The van der Waals surface area contributed by atoms with Gasteiger partial charge in [-0.2, -0.15) is 0 Å². The van der Waals surface area contributed by atoms with Crippen molar-refractivity contribution in [2.45, 2.75) is 89.4 Å². The fourth-order valence-corrected chi connectivity index (χ4v) is 6.64. The molecule has 0 spiro atoms. The Balaban J connectivity index is 1.97. The minimum Gasteiger partial charge on any atom is -0.390 e. The molecule has 0 fully saturated rings. The third-order valence-electron chi connectivity index (χ3n) is 5.58. The molecule has 0 aliphatic carbocycles. The van der Waals surface area contributed by atoms with Crippen molar-refractivity contribution in [1.29, 1.82) is 0 Å². The molecule has 0 unspecified atom stereocenters. The monoisotopic (exact) mass is 496 g/mol. The molecule has 1 aromatic heterocycles. The van der Waals surface area contributed by atoms with E-state index in [0.717, 1.165) is 39.2 Å². The summed E-state index contributed by atoms with van der Waals surface area (Å²) in [5, 5.41) is 19.9. The highest BCUT2D eigenvalue weighted by atomic mass is 32.2. The van der Waals surface area contributed by atoms with Crippen LogP contribution in [-0.2, 0) is 51.4 Å². The van der Waals surface area contributed by atoms with Crippen LogP contribution in [0, 0.1) is 0 Å². The predicted molar refractivity (Wildman–Crippen MR) is 125 cm³/mol. The number of sulfonamides is 1. The number of amides is 1. The van der Waals surface area contributed by atoms with E-state index < -0.39 is 28.1 Å². The van der Waals surface area contributed by atoms with Gasteiger partial charge in [-0.05, 0) is 53.5 Å². The molecule has 3 N–H and O–H groups in total. The van der Waals surface area contributed by atoms with Gasteiger partial charge < -0.3 is 14.9 Å². The van der Waals surface area contributed by atoms with Crippen LogP contribution in [-0.4, -0.2) is 29.5 Å². The molecule has 0 saturated heterocycles. The second-order valence-corrected chi connectivity index (χ2v) is 12.4. The van der Waals surface area contributed by atoms with Crippen LogP contribution in [0.15, 0.2) is 10.3 Å². The van der Waals surface area contributed by atoms with Gasteiger partial charge in [-0.25, -0.2) is 18.1 Å². The van der Waals surface area contributed by atoms with Gasteiger partial charge >= 0.3 is 0 Å². The number of aliphatic hydroxyl groups is 2. The van der Waals surface area contributed by atoms with Crippen LogP contribution in [0.1, 0.15) is 91.9 Å². The van der Waals surface area contributed by atoms with Gasteiger partial charge in [0.05, 0.1) is 31.9 Å². The zero-order chi connectivity index (χ0) is 24.7. The Morgan fingerprint density at radius 3 is 2.45 bits per heavy atom. The van der Waals surface area contributed by atoms with Crippen molar-refractivity contribution in [2.24, 2.45) is 0 Å². The van der Waals surface area contributed by atoms with E-state index in [2.05, 4.69) is 29.6 Å². The maximum atomic E-state index is 13.0. The number of nitrogens with one attached hydrogen (secondary N) is 1. The number of carbonyl (C=O) groups is 1. The molecule has 1 amide bonds. The van der Waals surface area contributed by atoms with Gasteiger partial charge in [-0.3, -0.25) is 4.79 Å². The van der Waals surface area contributed by atoms with Crippen molar-refractivity contribution in [3.63, 3.8) is 0 Å². The Labute approximate surface area is 199 Å². The Kier molecular flexibility index (Phi) is 7.36. The lowest BCUT2D eigenvalue weighted by Gasteiger charge is -2.23. The highest BCUT2D eigenvalue weighted by Gasteiger charge is 2.31. The lowest BCUT2D eigenvalue weighted by atomic mass is 9.82. The van der Waals surface area contributed by atoms with E-state index >= 15 is 0 Å². The number of carbonyl (C=O) groups excluding carboxylic acids is 1. The Morgan fingerprint density at radius 1 is 1.24 bits per heavy atom. The average Bonchev–Trinajstić information content (AvgIpc) is 3.33. The molecule has 10 heteroatoms. The molecule has 1 aliphatic heterocycles. The number of aliphatic hydroxyl groups excluding tert-OH is 1. The van der Waals surface area contributed by atoms with Crippen LogP contribution in [0.4, 0.5) is 0 Å². The van der Waals surface area contributed by atoms with Crippen molar-refractivity contribution >= 4 is 27.3 Å². The van der Waals surface area contributed by atoms with E-state index in [1.807, 2.05) is 13.8 Å². The summed E-state index contributed by atoms with van der Waals surface area (Å²) in [6.07, 6.45) is -0.0981. The zero-order valence-electron chi connectivity index (χ0n) is 19.9. The van der Waals surface area contributed by atoms with Crippen molar-refractivity contribution in [1.82, 2.24) is 9.71 Å². The number of nitrogens with zero attached hydrogens (tertiary/aromatic N) is 1. The Hall–Kier alpha value is -1.85. The van der Waals surface area contributed by atoms with Gasteiger partial charge in [-0.1, -0.05) is 33.8 Å². The summed E-state index contributed by atoms with van der Waals surface area (Å²) in [4.78, 5) is 17.1. The number of hydrogen-bond donors (Lipinski definition) is 3. The molecule has 0 saturated carbocycles. The molecule has 2 heterocycles. The van der Waals surface area contributed by atoms with Crippen molar-refractivity contribution in [3.05, 3.63) is 44.6 Å². The molecule has 1 aromatic carbocycles. The molecule has 33 heavy (non-hydrogen) atoms. The Morgan fingerprint density at radius 2 is 1.91 bits per heavy atom. The summed E-state index contributed by atoms with van der Waals surface area (Å²) in [5.74, 6) is -0.389. The molecule has 3 rings (SSSR count). The van der Waals surface area contributed by atoms with E-state index in [0.29, 0.717) is 13.2 Å². The average molecular weight is 497 g/mol. The first-order valence-electron chi connectivity index (χ1n) is 10.9. The third-order valence-corrected chi connectivity index (χ3v) is 8.92. The highest BCUT2D eigenvalue weighted by Crippen LogP contribution is 2.37. The number of benzene rings is 1. The first kappa shape index (κ1) is 25.8. The summed E-state index contributed by atoms with van der Waals surface area (Å²) in [7, 11) is -4.28. The minimum absolute atomic E-state index is 0.0981. The predicted octanol–water partition coefficient (Wildman–Crippen LogP) is 3.19. The number of fused-ring (bicyclic) bond motifs is 1.